The maximum absolute atomic E-state index is 10.7. The number of pyridine rings is 2. The number of hydrogen-bond donors (Lipinski definition) is 2. The minimum atomic E-state index is -5.84. The smallest absolute Gasteiger partial charge is 0.358 e. The number of para-hydroxylation sites is 2. The maximum atomic E-state index is 10.7. The molecular weight excluding hydrogens is 635 g/mol. The number of aryl methyl sites for hydroxylation is 5. The minimum absolute atomic E-state index is 1.02. The Morgan fingerprint density at radius 3 is 2.27 bits per heavy atom. The number of nitrogens with zero attached hydrogens (tertiary/aromatic N) is 2. The van der Waals surface area contributed by atoms with Crippen LogP contribution < -0.4 is 9.13 Å². The van der Waals surface area contributed by atoms with Gasteiger partial charge in [-0.3, -0.25) is 4.55 Å². The number of aromatic nitrogens is 3. The Morgan fingerprint density at radius 2 is 1.50 bits per heavy atom. The third-order valence-corrected chi connectivity index (χ3v) is 9.82. The van der Waals surface area contributed by atoms with Crippen molar-refractivity contribution in [2.45, 2.75) is 51.2 Å². The Hall–Kier alpha value is -4.80. The molecule has 2 aliphatic heterocycles. The predicted molar refractivity (Wildman–Crippen MR) is 181 cm³/mol. The Morgan fingerprint density at radius 1 is 0.833 bits per heavy atom. The van der Waals surface area contributed by atoms with Crippen LogP contribution in [0.2, 0.25) is 0 Å². The summed E-state index contributed by atoms with van der Waals surface area (Å²) in [7, 11) is -5.84. The number of H-pyrrole nitrogens is 1. The van der Waals surface area contributed by atoms with Gasteiger partial charge in [0.25, 0.3) is 0 Å². The van der Waals surface area contributed by atoms with E-state index in [-0.39, 0.29) is 0 Å². The molecule has 0 fully saturated rings. The van der Waals surface area contributed by atoms with Crippen molar-refractivity contribution in [2.24, 2.45) is 0 Å². The Labute approximate surface area is 276 Å². The summed E-state index contributed by atoms with van der Waals surface area (Å²) >= 11 is 0. The van der Waals surface area contributed by atoms with Crippen molar-refractivity contribution in [3.8, 4) is 22.5 Å². The summed E-state index contributed by atoms with van der Waals surface area (Å²) < 4.78 is 62.6. The molecule has 244 valence electrons. The maximum Gasteiger partial charge on any atom is 0.522 e. The highest BCUT2D eigenvalue weighted by Crippen LogP contribution is 2.41. The quantitative estimate of drug-likeness (QED) is 0.112. The summed E-state index contributed by atoms with van der Waals surface area (Å²) in [4.78, 5) is 3.58. The van der Waals surface area contributed by atoms with E-state index in [1.807, 2.05) is 0 Å². The molecule has 2 N–H and O–H groups in total. The van der Waals surface area contributed by atoms with E-state index in [9.17, 15) is 13.2 Å². The molecule has 3 aromatic carbocycles. The van der Waals surface area contributed by atoms with Gasteiger partial charge in [-0.25, -0.2) is 0 Å². The van der Waals surface area contributed by atoms with E-state index in [4.69, 9.17) is 13.0 Å². The van der Waals surface area contributed by atoms with Gasteiger partial charge in [0.2, 0.25) is 16.9 Å². The van der Waals surface area contributed by atoms with Crippen LogP contribution in [0.4, 0.5) is 13.2 Å². The summed E-state index contributed by atoms with van der Waals surface area (Å²) in [5.74, 6) is 0. The Balaban J connectivity index is 0.000000408. The van der Waals surface area contributed by atoms with Gasteiger partial charge in [-0.15, -0.1) is 0 Å². The van der Waals surface area contributed by atoms with Gasteiger partial charge in [0, 0.05) is 64.2 Å². The van der Waals surface area contributed by atoms with Gasteiger partial charge < -0.3 is 4.98 Å². The molecule has 0 spiro atoms. The lowest BCUT2D eigenvalue weighted by Crippen LogP contribution is -2.38. The number of benzene rings is 3. The molecule has 8 rings (SSSR count). The van der Waals surface area contributed by atoms with E-state index >= 15 is 0 Å². The largest absolute Gasteiger partial charge is 0.522 e. The predicted octanol–water partition coefficient (Wildman–Crippen LogP) is 8.00. The van der Waals surface area contributed by atoms with Gasteiger partial charge >= 0.3 is 15.6 Å². The minimum Gasteiger partial charge on any atom is -0.358 e. The average Bonchev–Trinajstić information content (AvgIpc) is 3.17. The van der Waals surface area contributed by atoms with E-state index in [1.54, 1.807) is 0 Å². The standard InChI is InChI=1S/C37H32N3.CHF3O3S/c1-25-30(31-13-3-4-14-32(31)38-25)20-19-29-24-28-10-2-5-15-33(28)40-23-9-12-27-18-17-26-11-8-22-39-21-7-6-16-34(39)35(26)36(27)37(29)40;2-1(3,4)8(5,6)7/h2-7,10,13-21,24H,8-9,11-12,22-23H2,1H3;(H,5,6,7)/q+1;/p+1. The van der Waals surface area contributed by atoms with Gasteiger partial charge in [0.15, 0.2) is 6.20 Å². The summed E-state index contributed by atoms with van der Waals surface area (Å²) in [5.41, 5.74) is 9.23. The summed E-state index contributed by atoms with van der Waals surface area (Å²) in [6.07, 6.45) is 11.5. The summed E-state index contributed by atoms with van der Waals surface area (Å²) in [6, 6.07) is 31.5. The fourth-order valence-electron chi connectivity index (χ4n) is 7.13. The number of nitrogens with one attached hydrogen (secondary N) is 1. The first-order chi connectivity index (χ1) is 23.0. The number of halogens is 3. The molecule has 3 aromatic heterocycles. The SMILES string of the molecule is Cc1[nH]c2ccccc2c1/C=C/c1cc2ccccc2[n+]2c1-c1c(ccc3c1-c1cccc[n+]1CCC3)CCC2.O=S(=O)(O)C(F)(F)F. The van der Waals surface area contributed by atoms with Crippen LogP contribution >= 0.6 is 0 Å². The first-order valence-corrected chi connectivity index (χ1v) is 17.3. The van der Waals surface area contributed by atoms with Gasteiger partial charge in [0.1, 0.15) is 13.1 Å². The summed E-state index contributed by atoms with van der Waals surface area (Å²) in [6.45, 7) is 4.25. The molecule has 0 radical (unpaired) electrons. The fourth-order valence-corrected chi connectivity index (χ4v) is 7.13. The number of alkyl halides is 3. The second-order valence-corrected chi connectivity index (χ2v) is 13.7. The molecule has 0 bridgehead atoms. The van der Waals surface area contributed by atoms with E-state index < -0.39 is 15.6 Å². The van der Waals surface area contributed by atoms with Crippen LogP contribution in [-0.4, -0.2) is 23.5 Å². The van der Waals surface area contributed by atoms with Gasteiger partial charge in [0.05, 0.1) is 11.1 Å². The molecule has 6 nitrogen and oxygen atoms in total. The van der Waals surface area contributed by atoms with Crippen molar-refractivity contribution >= 4 is 44.1 Å². The first kappa shape index (κ1) is 31.8. The van der Waals surface area contributed by atoms with E-state index in [2.05, 4.69) is 124 Å². The van der Waals surface area contributed by atoms with E-state index in [0.717, 1.165) is 38.8 Å². The zero-order chi connectivity index (χ0) is 33.6. The van der Waals surface area contributed by atoms with Crippen molar-refractivity contribution in [2.75, 3.05) is 0 Å². The Kier molecular flexibility index (Phi) is 8.17. The van der Waals surface area contributed by atoms with Crippen LogP contribution in [-0.2, 0) is 36.0 Å². The molecule has 6 aromatic rings. The van der Waals surface area contributed by atoms with Crippen molar-refractivity contribution in [1.29, 1.82) is 0 Å². The van der Waals surface area contributed by atoms with Gasteiger partial charge in [-0.1, -0.05) is 48.5 Å². The van der Waals surface area contributed by atoms with Gasteiger partial charge in [-0.2, -0.15) is 30.7 Å². The molecule has 0 unspecified atom stereocenters. The van der Waals surface area contributed by atoms with Crippen LogP contribution in [0, 0.1) is 6.92 Å². The number of fused-ring (bicyclic) bond motifs is 10. The van der Waals surface area contributed by atoms with E-state index in [1.165, 1.54) is 72.3 Å². The first-order valence-electron chi connectivity index (χ1n) is 15.9. The molecule has 0 saturated carbocycles. The lowest BCUT2D eigenvalue weighted by atomic mass is 9.87. The zero-order valence-electron chi connectivity index (χ0n) is 26.3. The number of aromatic amines is 1. The molecule has 48 heavy (non-hydrogen) atoms. The lowest BCUT2D eigenvalue weighted by molar-refractivity contribution is -0.686. The number of rotatable bonds is 2. The highest BCUT2D eigenvalue weighted by atomic mass is 32.2. The highest BCUT2D eigenvalue weighted by molar-refractivity contribution is 7.86. The van der Waals surface area contributed by atoms with Crippen molar-refractivity contribution in [1.82, 2.24) is 4.98 Å². The second kappa shape index (κ2) is 12.3. The Bertz CT molecular complexity index is 2340. The van der Waals surface area contributed by atoms with Crippen molar-refractivity contribution in [3.63, 3.8) is 0 Å². The molecular formula is C38H34F3N3O3S+2. The van der Waals surface area contributed by atoms with Crippen LogP contribution in [0.25, 0.3) is 56.5 Å². The molecule has 2 aliphatic rings. The lowest BCUT2D eigenvalue weighted by Gasteiger charge is -2.16. The molecule has 0 saturated heterocycles. The third kappa shape index (κ3) is 5.79. The average molecular weight is 670 g/mol. The molecule has 0 amide bonds. The van der Waals surface area contributed by atoms with Crippen molar-refractivity contribution in [3.05, 3.63) is 119 Å². The fraction of sp³-hybridized carbons (Fsp3) is 0.211. The molecule has 5 heterocycles. The van der Waals surface area contributed by atoms with Crippen LogP contribution in [0.1, 0.15) is 40.8 Å². The van der Waals surface area contributed by atoms with Crippen molar-refractivity contribution < 1.29 is 35.3 Å². The zero-order valence-corrected chi connectivity index (χ0v) is 27.1. The monoisotopic (exact) mass is 669 g/mol. The third-order valence-electron chi connectivity index (χ3n) is 9.23. The molecule has 0 atom stereocenters. The second-order valence-electron chi connectivity index (χ2n) is 12.2. The number of hydrogen-bond acceptors (Lipinski definition) is 2. The summed E-state index contributed by atoms with van der Waals surface area (Å²) in [5, 5.41) is 2.57. The molecule has 0 aliphatic carbocycles. The van der Waals surface area contributed by atoms with Crippen LogP contribution in [0.5, 0.6) is 0 Å². The van der Waals surface area contributed by atoms with E-state index in [0.29, 0.717) is 0 Å². The topological polar surface area (TPSA) is 77.9 Å². The van der Waals surface area contributed by atoms with Crippen LogP contribution in [0.3, 0.4) is 0 Å². The molecule has 10 heteroatoms. The van der Waals surface area contributed by atoms with Crippen LogP contribution in [0.15, 0.2) is 91.1 Å². The normalized spacial score (nSPS) is 14.4. The highest BCUT2D eigenvalue weighted by Gasteiger charge is 2.44. The van der Waals surface area contributed by atoms with Gasteiger partial charge in [-0.05, 0) is 61.2 Å².